The molecule has 0 amide bonds. The zero-order valence-electron chi connectivity index (χ0n) is 16.2. The fourth-order valence-electron chi connectivity index (χ4n) is 3.53. The van der Waals surface area contributed by atoms with Gasteiger partial charge in [-0.1, -0.05) is 37.6 Å². The lowest BCUT2D eigenvalue weighted by atomic mass is 9.67. The standard InChI is InChI=1S/C19H19F11O/c1-3-4-6-11-7-5-8-12(9-11)13(2,31)10-14(20)15(21,22)17(25,26)19(29,30)18(27,28)16(14,23)24/h5,7-9,31H,3-4,6,10H2,1-2H3. The summed E-state index contributed by atoms with van der Waals surface area (Å²) >= 11 is 0. The third kappa shape index (κ3) is 3.22. The van der Waals surface area contributed by atoms with Crippen LogP contribution in [-0.4, -0.2) is 40.4 Å². The van der Waals surface area contributed by atoms with E-state index in [1.807, 2.05) is 6.92 Å². The summed E-state index contributed by atoms with van der Waals surface area (Å²) in [4.78, 5) is 0. The highest BCUT2D eigenvalue weighted by Gasteiger charge is 3.01. The first-order chi connectivity index (χ1) is 13.7. The second kappa shape index (κ2) is 7.21. The number of unbranched alkanes of at least 4 members (excludes halogenated alkanes) is 1. The Hall–Kier alpha value is -1.59. The average molecular weight is 472 g/mol. The molecule has 1 saturated carbocycles. The van der Waals surface area contributed by atoms with Crippen molar-refractivity contribution in [3.8, 4) is 0 Å². The van der Waals surface area contributed by atoms with Gasteiger partial charge in [0.1, 0.15) is 0 Å². The van der Waals surface area contributed by atoms with Gasteiger partial charge in [-0.25, -0.2) is 4.39 Å². The molecule has 0 saturated heterocycles. The van der Waals surface area contributed by atoms with E-state index >= 15 is 0 Å². The lowest BCUT2D eigenvalue weighted by molar-refractivity contribution is -0.488. The van der Waals surface area contributed by atoms with Gasteiger partial charge in [-0.15, -0.1) is 0 Å². The topological polar surface area (TPSA) is 20.2 Å². The fourth-order valence-corrected chi connectivity index (χ4v) is 3.53. The van der Waals surface area contributed by atoms with Gasteiger partial charge in [0.25, 0.3) is 5.67 Å². The number of aliphatic hydroxyl groups is 1. The summed E-state index contributed by atoms with van der Waals surface area (Å²) in [6.45, 7) is 2.28. The number of benzene rings is 1. The first-order valence-electron chi connectivity index (χ1n) is 9.14. The third-order valence-corrected chi connectivity index (χ3v) is 5.53. The van der Waals surface area contributed by atoms with E-state index in [-0.39, 0.29) is 0 Å². The molecule has 31 heavy (non-hydrogen) atoms. The van der Waals surface area contributed by atoms with Crippen molar-refractivity contribution in [1.82, 2.24) is 0 Å². The molecule has 1 atom stereocenters. The Morgan fingerprint density at radius 3 is 1.68 bits per heavy atom. The van der Waals surface area contributed by atoms with Crippen molar-refractivity contribution in [2.75, 3.05) is 0 Å². The van der Waals surface area contributed by atoms with Crippen LogP contribution in [0.1, 0.15) is 44.2 Å². The average Bonchev–Trinajstić information content (AvgIpc) is 2.64. The molecule has 1 unspecified atom stereocenters. The van der Waals surface area contributed by atoms with Crippen LogP contribution in [-0.2, 0) is 12.0 Å². The minimum atomic E-state index is -7.27. The summed E-state index contributed by atoms with van der Waals surface area (Å²) in [5.41, 5.74) is -9.44. The van der Waals surface area contributed by atoms with Crippen LogP contribution in [0, 0.1) is 0 Å². The molecule has 0 aliphatic heterocycles. The molecule has 2 rings (SSSR count). The second-order valence-electron chi connectivity index (χ2n) is 7.93. The molecule has 0 aromatic heterocycles. The Morgan fingerprint density at radius 2 is 1.23 bits per heavy atom. The number of hydrogen-bond acceptors (Lipinski definition) is 1. The molecule has 1 fully saturated rings. The summed E-state index contributed by atoms with van der Waals surface area (Å²) < 4.78 is 153. The zero-order valence-corrected chi connectivity index (χ0v) is 16.2. The minimum absolute atomic E-state index is 0.357. The maximum Gasteiger partial charge on any atom is 0.384 e. The summed E-state index contributed by atoms with van der Waals surface area (Å²) in [5.74, 6) is -35.6. The fraction of sp³-hybridized carbons (Fsp3) is 0.684. The predicted molar refractivity (Wildman–Crippen MR) is 87.8 cm³/mol. The van der Waals surface area contributed by atoms with E-state index in [0.29, 0.717) is 31.7 Å². The number of aryl methyl sites for hydroxylation is 1. The molecular weight excluding hydrogens is 453 g/mol. The summed E-state index contributed by atoms with van der Waals surface area (Å²) in [7, 11) is 0. The van der Waals surface area contributed by atoms with Crippen LogP contribution in [0.25, 0.3) is 0 Å². The summed E-state index contributed by atoms with van der Waals surface area (Å²) in [6, 6.07) is 4.72. The van der Waals surface area contributed by atoms with E-state index in [1.54, 1.807) is 0 Å². The quantitative estimate of drug-likeness (QED) is 0.467. The van der Waals surface area contributed by atoms with Crippen molar-refractivity contribution < 1.29 is 53.4 Å². The molecular formula is C19H19F11O. The summed E-state index contributed by atoms with van der Waals surface area (Å²) in [5, 5.41) is 10.4. The van der Waals surface area contributed by atoms with Gasteiger partial charge in [0, 0.05) is 6.42 Å². The Morgan fingerprint density at radius 1 is 0.774 bits per heavy atom. The van der Waals surface area contributed by atoms with E-state index < -0.39 is 52.9 Å². The molecule has 178 valence electrons. The van der Waals surface area contributed by atoms with Crippen molar-refractivity contribution in [2.45, 2.75) is 80.4 Å². The monoisotopic (exact) mass is 472 g/mol. The van der Waals surface area contributed by atoms with Crippen molar-refractivity contribution >= 4 is 0 Å². The molecule has 0 spiro atoms. The van der Waals surface area contributed by atoms with Crippen LogP contribution < -0.4 is 0 Å². The zero-order chi connectivity index (χ0) is 24.3. The molecule has 1 aromatic carbocycles. The third-order valence-electron chi connectivity index (χ3n) is 5.53. The smallest absolute Gasteiger partial charge is 0.384 e. The van der Waals surface area contributed by atoms with E-state index in [0.717, 1.165) is 12.1 Å². The van der Waals surface area contributed by atoms with Crippen molar-refractivity contribution in [3.05, 3.63) is 35.4 Å². The maximum absolute atomic E-state index is 15.0. The van der Waals surface area contributed by atoms with Gasteiger partial charge in [-0.2, -0.15) is 43.9 Å². The molecule has 1 aliphatic carbocycles. The molecule has 0 bridgehead atoms. The van der Waals surface area contributed by atoms with Gasteiger partial charge < -0.3 is 5.11 Å². The van der Waals surface area contributed by atoms with Crippen LogP contribution in [0.15, 0.2) is 24.3 Å². The Bertz CT molecular complexity index is 787. The Labute approximate surface area is 170 Å². The molecule has 12 heteroatoms. The largest absolute Gasteiger partial charge is 0.385 e. The highest BCUT2D eigenvalue weighted by molar-refractivity contribution is 5.32. The van der Waals surface area contributed by atoms with Gasteiger partial charge in [-0.05, 0) is 30.9 Å². The van der Waals surface area contributed by atoms with Gasteiger partial charge in [0.05, 0.1) is 5.60 Å². The number of rotatable bonds is 6. The normalized spacial score (nSPS) is 26.8. The van der Waals surface area contributed by atoms with E-state index in [2.05, 4.69) is 0 Å². The van der Waals surface area contributed by atoms with Crippen molar-refractivity contribution in [2.24, 2.45) is 0 Å². The van der Waals surface area contributed by atoms with Crippen LogP contribution in [0.3, 0.4) is 0 Å². The molecule has 1 aromatic rings. The van der Waals surface area contributed by atoms with Gasteiger partial charge in [-0.3, -0.25) is 0 Å². The lowest BCUT2D eigenvalue weighted by Crippen LogP contribution is -2.84. The van der Waals surface area contributed by atoms with Crippen molar-refractivity contribution in [3.63, 3.8) is 0 Å². The highest BCUT2D eigenvalue weighted by Crippen LogP contribution is 2.71. The van der Waals surface area contributed by atoms with E-state index in [4.69, 9.17) is 0 Å². The Kier molecular flexibility index (Phi) is 5.97. The van der Waals surface area contributed by atoms with E-state index in [9.17, 15) is 53.4 Å². The Balaban J connectivity index is 2.62. The number of hydrogen-bond donors (Lipinski definition) is 1. The molecule has 1 N–H and O–H groups in total. The summed E-state index contributed by atoms with van der Waals surface area (Å²) in [6.07, 6.45) is -1.05. The predicted octanol–water partition coefficient (Wildman–Crippen LogP) is 6.53. The van der Waals surface area contributed by atoms with Gasteiger partial charge in [0.2, 0.25) is 0 Å². The van der Waals surface area contributed by atoms with Crippen LogP contribution >= 0.6 is 0 Å². The first-order valence-corrected chi connectivity index (χ1v) is 9.14. The van der Waals surface area contributed by atoms with Gasteiger partial charge >= 0.3 is 29.6 Å². The molecule has 0 heterocycles. The van der Waals surface area contributed by atoms with E-state index in [1.165, 1.54) is 12.1 Å². The molecule has 1 aliphatic rings. The van der Waals surface area contributed by atoms with Crippen molar-refractivity contribution in [1.29, 1.82) is 0 Å². The van der Waals surface area contributed by atoms with Gasteiger partial charge in [0.15, 0.2) is 0 Å². The maximum atomic E-state index is 15.0. The number of halogens is 11. The first kappa shape index (κ1) is 25.7. The molecule has 0 radical (unpaired) electrons. The van der Waals surface area contributed by atoms with Crippen LogP contribution in [0.5, 0.6) is 0 Å². The number of alkyl halides is 11. The lowest BCUT2D eigenvalue weighted by Gasteiger charge is -2.53. The SMILES string of the molecule is CCCCc1cccc(C(C)(O)CC2(F)C(F)(F)C(F)(F)C(F)(F)C(F)(F)C2(F)F)c1. The second-order valence-corrected chi connectivity index (χ2v) is 7.93. The van der Waals surface area contributed by atoms with Crippen LogP contribution in [0.2, 0.25) is 0 Å². The van der Waals surface area contributed by atoms with Crippen LogP contribution in [0.4, 0.5) is 48.3 Å². The highest BCUT2D eigenvalue weighted by atomic mass is 19.4. The molecule has 1 nitrogen and oxygen atoms in total. The minimum Gasteiger partial charge on any atom is -0.385 e.